The number of nitrogens with one attached hydrogen (secondary N) is 1. The fourth-order valence-corrected chi connectivity index (χ4v) is 4.32. The molecule has 4 heteroatoms. The van der Waals surface area contributed by atoms with Crippen molar-refractivity contribution in [2.75, 3.05) is 0 Å². The van der Waals surface area contributed by atoms with Crippen LogP contribution in [0, 0.1) is 5.82 Å². The van der Waals surface area contributed by atoms with Gasteiger partial charge in [0.1, 0.15) is 0 Å². The Bertz CT molecular complexity index is 1310. The zero-order valence-corrected chi connectivity index (χ0v) is 19.8. The summed E-state index contributed by atoms with van der Waals surface area (Å²) in [6.45, 7) is 8.44. The maximum Gasteiger partial charge on any atom is 0.248 e. The lowest BCUT2D eigenvalue weighted by Gasteiger charge is -2.23. The molecule has 3 N–H and O–H groups in total. The summed E-state index contributed by atoms with van der Waals surface area (Å²) in [5.41, 5.74) is 11.7. The van der Waals surface area contributed by atoms with Gasteiger partial charge < -0.3 is 10.7 Å². The van der Waals surface area contributed by atoms with E-state index in [1.165, 1.54) is 5.56 Å². The minimum absolute atomic E-state index is 0.221. The number of rotatable bonds is 6. The van der Waals surface area contributed by atoms with E-state index in [4.69, 9.17) is 5.73 Å². The van der Waals surface area contributed by atoms with Gasteiger partial charge in [0.25, 0.3) is 0 Å². The number of hydrogen-bond acceptors (Lipinski definition) is 1. The first-order valence-corrected chi connectivity index (χ1v) is 11.5. The Morgan fingerprint density at radius 2 is 1.67 bits per heavy atom. The van der Waals surface area contributed by atoms with Crippen LogP contribution in [0.25, 0.3) is 33.3 Å². The molecule has 0 saturated carbocycles. The summed E-state index contributed by atoms with van der Waals surface area (Å²) in [5, 5.41) is 0.810. The fourth-order valence-electron chi connectivity index (χ4n) is 4.32. The number of aryl methyl sites for hydroxylation is 1. The van der Waals surface area contributed by atoms with E-state index < -0.39 is 5.91 Å². The number of aromatic amines is 1. The molecule has 3 nitrogen and oxygen atoms in total. The highest BCUT2D eigenvalue weighted by atomic mass is 19.1. The molecular formula is C29H31FN2O. The lowest BCUT2D eigenvalue weighted by atomic mass is 9.82. The maximum atomic E-state index is 15.6. The predicted molar refractivity (Wildman–Crippen MR) is 135 cm³/mol. The Labute approximate surface area is 194 Å². The standard InChI is InChI=1S/C29H31FN2O/c1-5-6-7-18-8-10-19(11-9-18)22-14-12-20-17-25(32-27(20)26(22)30)23-15-13-21(28(31)33)16-24(23)29(2,3)4/h8-17,32H,5-7H2,1-4H3,(H2,31,33). The molecule has 0 aliphatic rings. The van der Waals surface area contributed by atoms with E-state index in [0.29, 0.717) is 16.6 Å². The van der Waals surface area contributed by atoms with Gasteiger partial charge in [-0.25, -0.2) is 4.39 Å². The second-order valence-electron chi connectivity index (χ2n) is 9.75. The van der Waals surface area contributed by atoms with E-state index in [9.17, 15) is 4.79 Å². The summed E-state index contributed by atoms with van der Waals surface area (Å²) in [6, 6.07) is 19.4. The van der Waals surface area contributed by atoms with E-state index in [0.717, 1.165) is 47.0 Å². The number of H-pyrrole nitrogens is 1. The number of carbonyl (C=O) groups excluding carboxylic acids is 1. The topological polar surface area (TPSA) is 58.9 Å². The van der Waals surface area contributed by atoms with Crippen LogP contribution in [0.3, 0.4) is 0 Å². The van der Waals surface area contributed by atoms with Crippen molar-refractivity contribution >= 4 is 16.8 Å². The highest BCUT2D eigenvalue weighted by Crippen LogP contribution is 2.37. The maximum absolute atomic E-state index is 15.6. The molecule has 0 radical (unpaired) electrons. The summed E-state index contributed by atoms with van der Waals surface area (Å²) in [6.07, 6.45) is 3.36. The molecule has 1 aromatic heterocycles. The first-order valence-electron chi connectivity index (χ1n) is 11.5. The predicted octanol–water partition coefficient (Wildman–Crippen LogP) is 7.38. The van der Waals surface area contributed by atoms with Crippen LogP contribution < -0.4 is 5.73 Å². The zero-order valence-electron chi connectivity index (χ0n) is 19.8. The highest BCUT2D eigenvalue weighted by molar-refractivity contribution is 5.95. The Kier molecular flexibility index (Phi) is 6.11. The number of primary amides is 1. The van der Waals surface area contributed by atoms with Crippen LogP contribution >= 0.6 is 0 Å². The molecule has 3 aromatic carbocycles. The number of aromatic nitrogens is 1. The van der Waals surface area contributed by atoms with Crippen LogP contribution in [0.15, 0.2) is 60.7 Å². The molecule has 0 aliphatic carbocycles. The summed E-state index contributed by atoms with van der Waals surface area (Å²) in [5.74, 6) is -0.716. The number of halogens is 1. The van der Waals surface area contributed by atoms with Gasteiger partial charge in [0.15, 0.2) is 5.82 Å². The second kappa shape index (κ2) is 8.86. The van der Waals surface area contributed by atoms with Gasteiger partial charge >= 0.3 is 0 Å². The van der Waals surface area contributed by atoms with Crippen molar-refractivity contribution in [3.63, 3.8) is 0 Å². The SMILES string of the molecule is CCCCc1ccc(-c2ccc3cc(-c4ccc(C(N)=O)cc4C(C)(C)C)[nH]c3c2F)cc1. The van der Waals surface area contributed by atoms with E-state index in [1.807, 2.05) is 42.5 Å². The Balaban J connectivity index is 1.77. The molecule has 4 rings (SSSR count). The zero-order chi connectivity index (χ0) is 23.8. The average molecular weight is 443 g/mol. The number of amides is 1. The smallest absolute Gasteiger partial charge is 0.248 e. The van der Waals surface area contributed by atoms with Crippen molar-refractivity contribution in [2.24, 2.45) is 5.73 Å². The largest absolute Gasteiger partial charge is 0.366 e. The molecule has 0 spiro atoms. The van der Waals surface area contributed by atoms with Gasteiger partial charge in [-0.2, -0.15) is 0 Å². The molecule has 0 atom stereocenters. The van der Waals surface area contributed by atoms with Crippen LogP contribution in [0.5, 0.6) is 0 Å². The Morgan fingerprint density at radius 1 is 0.970 bits per heavy atom. The van der Waals surface area contributed by atoms with Crippen LogP contribution in [-0.4, -0.2) is 10.9 Å². The molecule has 170 valence electrons. The van der Waals surface area contributed by atoms with Gasteiger partial charge in [0.2, 0.25) is 5.91 Å². The lowest BCUT2D eigenvalue weighted by Crippen LogP contribution is -2.17. The van der Waals surface area contributed by atoms with Crippen molar-refractivity contribution in [3.8, 4) is 22.4 Å². The van der Waals surface area contributed by atoms with Crippen LogP contribution in [0.4, 0.5) is 4.39 Å². The second-order valence-corrected chi connectivity index (χ2v) is 9.75. The molecular weight excluding hydrogens is 411 g/mol. The third-order valence-corrected chi connectivity index (χ3v) is 6.22. The van der Waals surface area contributed by atoms with E-state index in [-0.39, 0.29) is 11.2 Å². The van der Waals surface area contributed by atoms with Crippen molar-refractivity contribution in [2.45, 2.75) is 52.4 Å². The van der Waals surface area contributed by atoms with Gasteiger partial charge in [-0.05, 0) is 53.1 Å². The number of fused-ring (bicyclic) bond motifs is 1. The first-order chi connectivity index (χ1) is 15.7. The molecule has 0 bridgehead atoms. The van der Waals surface area contributed by atoms with Crippen molar-refractivity contribution in [1.82, 2.24) is 4.98 Å². The third kappa shape index (κ3) is 4.56. The van der Waals surface area contributed by atoms with E-state index >= 15 is 4.39 Å². The fraction of sp³-hybridized carbons (Fsp3) is 0.276. The van der Waals surface area contributed by atoms with Crippen molar-refractivity contribution in [3.05, 3.63) is 83.2 Å². The van der Waals surface area contributed by atoms with Gasteiger partial charge in [-0.1, -0.05) is 76.6 Å². The normalized spacial score (nSPS) is 11.8. The number of carbonyl (C=O) groups is 1. The molecule has 0 fully saturated rings. The summed E-state index contributed by atoms with van der Waals surface area (Å²) in [7, 11) is 0. The summed E-state index contributed by atoms with van der Waals surface area (Å²) < 4.78 is 15.6. The summed E-state index contributed by atoms with van der Waals surface area (Å²) in [4.78, 5) is 15.0. The first kappa shape index (κ1) is 22.8. The van der Waals surface area contributed by atoms with E-state index in [1.54, 1.807) is 6.07 Å². The van der Waals surface area contributed by atoms with E-state index in [2.05, 4.69) is 44.8 Å². The number of hydrogen-bond donors (Lipinski definition) is 2. The monoisotopic (exact) mass is 442 g/mol. The van der Waals surface area contributed by atoms with Crippen LogP contribution in [-0.2, 0) is 11.8 Å². The van der Waals surface area contributed by atoms with Crippen molar-refractivity contribution < 1.29 is 9.18 Å². The lowest BCUT2D eigenvalue weighted by molar-refractivity contribution is 0.1000. The Hall–Kier alpha value is -3.40. The van der Waals surface area contributed by atoms with Gasteiger partial charge in [0, 0.05) is 27.8 Å². The molecule has 4 aromatic rings. The third-order valence-electron chi connectivity index (χ3n) is 6.22. The minimum Gasteiger partial charge on any atom is -0.366 e. The molecule has 1 amide bonds. The molecule has 33 heavy (non-hydrogen) atoms. The summed E-state index contributed by atoms with van der Waals surface area (Å²) >= 11 is 0. The van der Waals surface area contributed by atoms with Gasteiger partial charge in [-0.3, -0.25) is 4.79 Å². The van der Waals surface area contributed by atoms with Crippen molar-refractivity contribution in [1.29, 1.82) is 0 Å². The number of unbranched alkanes of at least 4 members (excludes halogenated alkanes) is 1. The van der Waals surface area contributed by atoms with Gasteiger partial charge in [0.05, 0.1) is 5.52 Å². The highest BCUT2D eigenvalue weighted by Gasteiger charge is 2.22. The molecule has 0 saturated heterocycles. The quantitative estimate of drug-likeness (QED) is 0.321. The number of nitrogens with two attached hydrogens (primary N) is 1. The molecule has 1 heterocycles. The number of benzene rings is 3. The Morgan fingerprint density at radius 3 is 2.30 bits per heavy atom. The van der Waals surface area contributed by atoms with Gasteiger partial charge in [-0.15, -0.1) is 0 Å². The molecule has 0 aliphatic heterocycles. The average Bonchev–Trinajstić information content (AvgIpc) is 3.22. The van der Waals surface area contributed by atoms with Crippen LogP contribution in [0.2, 0.25) is 0 Å². The molecule has 0 unspecified atom stereocenters. The van der Waals surface area contributed by atoms with Crippen LogP contribution in [0.1, 0.15) is 62.0 Å². The minimum atomic E-state index is -0.458.